The first-order chi connectivity index (χ1) is 13.4. The zero-order valence-corrected chi connectivity index (χ0v) is 17.4. The van der Waals surface area contributed by atoms with Gasteiger partial charge in [0.15, 0.2) is 0 Å². The fourth-order valence-electron chi connectivity index (χ4n) is 3.36. The fraction of sp³-hybridized carbons (Fsp3) is 0.500. The quantitative estimate of drug-likeness (QED) is 0.845. The molecule has 2 heterocycles. The average molecular weight is 382 g/mol. The summed E-state index contributed by atoms with van der Waals surface area (Å²) in [5.41, 5.74) is 2.34. The number of amides is 1. The first-order valence-corrected chi connectivity index (χ1v) is 10.0. The van der Waals surface area contributed by atoms with Crippen molar-refractivity contribution >= 4 is 23.2 Å². The number of anilines is 3. The Kier molecular flexibility index (Phi) is 6.17. The Morgan fingerprint density at radius 1 is 1.07 bits per heavy atom. The summed E-state index contributed by atoms with van der Waals surface area (Å²) in [4.78, 5) is 26.3. The van der Waals surface area contributed by atoms with Crippen LogP contribution in [0.25, 0.3) is 0 Å². The third-order valence-corrected chi connectivity index (χ3v) is 5.03. The van der Waals surface area contributed by atoms with E-state index in [2.05, 4.69) is 20.2 Å². The van der Waals surface area contributed by atoms with E-state index in [-0.39, 0.29) is 5.91 Å². The Bertz CT molecular complexity index is 774. The summed E-state index contributed by atoms with van der Waals surface area (Å²) in [6.07, 6.45) is 7.37. The number of carbonyl (C=O) groups is 1. The number of nitrogens with one attached hydrogen (secondary N) is 1. The SMILES string of the molecule is CNc1ccc(N(Cc2cnc(N3CCCCC3)nc2)C(=O)C(C)(C)C)cc1. The molecule has 6 heteroatoms. The summed E-state index contributed by atoms with van der Waals surface area (Å²) in [5.74, 6) is 0.861. The first-order valence-electron chi connectivity index (χ1n) is 10.0. The van der Waals surface area contributed by atoms with E-state index < -0.39 is 5.41 Å². The van der Waals surface area contributed by atoms with Crippen LogP contribution in [-0.4, -0.2) is 36.0 Å². The molecule has 1 aliphatic heterocycles. The standard InChI is InChI=1S/C22H31N5O/c1-22(2,3)20(28)27(19-10-8-18(23-4)9-11-19)16-17-14-24-21(25-15-17)26-12-6-5-7-13-26/h8-11,14-15,23H,5-7,12-13,16H2,1-4H3. The molecule has 0 atom stereocenters. The van der Waals surface area contributed by atoms with Crippen molar-refractivity contribution in [1.29, 1.82) is 0 Å². The van der Waals surface area contributed by atoms with Crippen LogP contribution in [-0.2, 0) is 11.3 Å². The number of aromatic nitrogens is 2. The third-order valence-electron chi connectivity index (χ3n) is 5.03. The van der Waals surface area contributed by atoms with E-state index in [0.717, 1.165) is 36.0 Å². The fourth-order valence-corrected chi connectivity index (χ4v) is 3.36. The van der Waals surface area contributed by atoms with Crippen LogP contribution in [0, 0.1) is 5.41 Å². The number of hydrogen-bond donors (Lipinski definition) is 1. The van der Waals surface area contributed by atoms with Crippen molar-refractivity contribution in [2.24, 2.45) is 5.41 Å². The maximum absolute atomic E-state index is 13.1. The molecule has 1 fully saturated rings. The molecule has 150 valence electrons. The average Bonchev–Trinajstić information content (AvgIpc) is 2.72. The van der Waals surface area contributed by atoms with E-state index >= 15 is 0 Å². The maximum atomic E-state index is 13.1. The maximum Gasteiger partial charge on any atom is 0.232 e. The predicted molar refractivity (Wildman–Crippen MR) is 115 cm³/mol. The van der Waals surface area contributed by atoms with Crippen LogP contribution in [0.4, 0.5) is 17.3 Å². The lowest BCUT2D eigenvalue weighted by atomic mass is 9.94. The highest BCUT2D eigenvalue weighted by Crippen LogP contribution is 2.26. The van der Waals surface area contributed by atoms with E-state index in [1.54, 1.807) is 0 Å². The van der Waals surface area contributed by atoms with Crippen LogP contribution in [0.2, 0.25) is 0 Å². The van der Waals surface area contributed by atoms with Crippen molar-refractivity contribution in [3.8, 4) is 0 Å². The molecule has 1 N–H and O–H groups in total. The third kappa shape index (κ3) is 4.80. The Labute approximate surface area is 168 Å². The minimum absolute atomic E-state index is 0.0739. The molecule has 0 bridgehead atoms. The lowest BCUT2D eigenvalue weighted by Gasteiger charge is -2.30. The molecule has 1 aliphatic rings. The highest BCUT2D eigenvalue weighted by atomic mass is 16.2. The summed E-state index contributed by atoms with van der Waals surface area (Å²) in [6.45, 7) is 8.33. The normalized spacial score (nSPS) is 14.6. The van der Waals surface area contributed by atoms with Crippen molar-refractivity contribution in [2.45, 2.75) is 46.6 Å². The van der Waals surface area contributed by atoms with E-state index in [4.69, 9.17) is 0 Å². The second-order valence-corrected chi connectivity index (χ2v) is 8.38. The molecule has 1 aromatic carbocycles. The van der Waals surface area contributed by atoms with Gasteiger partial charge in [-0.05, 0) is 43.5 Å². The van der Waals surface area contributed by atoms with Gasteiger partial charge in [-0.3, -0.25) is 4.79 Å². The van der Waals surface area contributed by atoms with Crippen LogP contribution in [0.1, 0.15) is 45.6 Å². The van der Waals surface area contributed by atoms with Crippen molar-refractivity contribution in [3.05, 3.63) is 42.2 Å². The molecule has 0 radical (unpaired) electrons. The molecular formula is C22H31N5O. The van der Waals surface area contributed by atoms with Gasteiger partial charge in [0.25, 0.3) is 0 Å². The smallest absolute Gasteiger partial charge is 0.232 e. The van der Waals surface area contributed by atoms with Gasteiger partial charge < -0.3 is 15.1 Å². The van der Waals surface area contributed by atoms with Gasteiger partial charge in [-0.15, -0.1) is 0 Å². The molecule has 1 aromatic heterocycles. The Morgan fingerprint density at radius 3 is 2.21 bits per heavy atom. The second-order valence-electron chi connectivity index (χ2n) is 8.38. The van der Waals surface area contributed by atoms with Crippen LogP contribution in [0.3, 0.4) is 0 Å². The Balaban J connectivity index is 1.81. The van der Waals surface area contributed by atoms with Gasteiger partial charge in [0.05, 0.1) is 6.54 Å². The minimum Gasteiger partial charge on any atom is -0.388 e. The zero-order chi connectivity index (χ0) is 20.1. The summed E-state index contributed by atoms with van der Waals surface area (Å²) >= 11 is 0. The lowest BCUT2D eigenvalue weighted by molar-refractivity contribution is -0.125. The monoisotopic (exact) mass is 381 g/mol. The number of piperidine rings is 1. The van der Waals surface area contributed by atoms with Crippen molar-refractivity contribution in [2.75, 3.05) is 35.3 Å². The van der Waals surface area contributed by atoms with Crippen molar-refractivity contribution in [3.63, 3.8) is 0 Å². The van der Waals surface area contributed by atoms with E-state index in [1.807, 2.05) is 69.4 Å². The van der Waals surface area contributed by atoms with E-state index in [9.17, 15) is 4.79 Å². The van der Waals surface area contributed by atoms with Crippen LogP contribution in [0.5, 0.6) is 0 Å². The van der Waals surface area contributed by atoms with Crippen LogP contribution in [0.15, 0.2) is 36.7 Å². The molecule has 2 aromatic rings. The lowest BCUT2D eigenvalue weighted by Crippen LogP contribution is -2.39. The molecule has 0 aliphatic carbocycles. The van der Waals surface area contributed by atoms with Gasteiger partial charge in [0.2, 0.25) is 11.9 Å². The van der Waals surface area contributed by atoms with E-state index in [0.29, 0.717) is 6.54 Å². The number of rotatable bonds is 5. The van der Waals surface area contributed by atoms with Gasteiger partial charge in [-0.2, -0.15) is 0 Å². The van der Waals surface area contributed by atoms with E-state index in [1.165, 1.54) is 19.3 Å². The Morgan fingerprint density at radius 2 is 1.68 bits per heavy atom. The summed E-state index contributed by atoms with van der Waals surface area (Å²) in [7, 11) is 1.88. The summed E-state index contributed by atoms with van der Waals surface area (Å²) in [5, 5.41) is 3.11. The zero-order valence-electron chi connectivity index (χ0n) is 17.4. The minimum atomic E-state index is -0.476. The van der Waals surface area contributed by atoms with Crippen molar-refractivity contribution < 1.29 is 4.79 Å². The number of benzene rings is 1. The van der Waals surface area contributed by atoms with Gasteiger partial charge in [0.1, 0.15) is 0 Å². The van der Waals surface area contributed by atoms with Gasteiger partial charge in [-0.25, -0.2) is 9.97 Å². The molecular weight excluding hydrogens is 350 g/mol. The number of carbonyl (C=O) groups excluding carboxylic acids is 1. The number of hydrogen-bond acceptors (Lipinski definition) is 5. The summed E-state index contributed by atoms with van der Waals surface area (Å²) < 4.78 is 0. The predicted octanol–water partition coefficient (Wildman–Crippen LogP) is 4.09. The van der Waals surface area contributed by atoms with Gasteiger partial charge in [0, 0.05) is 54.9 Å². The topological polar surface area (TPSA) is 61.4 Å². The molecule has 6 nitrogen and oxygen atoms in total. The summed E-state index contributed by atoms with van der Waals surface area (Å²) in [6, 6.07) is 7.90. The highest BCUT2D eigenvalue weighted by molar-refractivity contribution is 5.96. The highest BCUT2D eigenvalue weighted by Gasteiger charge is 2.28. The molecule has 28 heavy (non-hydrogen) atoms. The van der Waals surface area contributed by atoms with Gasteiger partial charge in [-0.1, -0.05) is 20.8 Å². The van der Waals surface area contributed by atoms with Crippen LogP contribution >= 0.6 is 0 Å². The molecule has 1 amide bonds. The molecule has 0 saturated carbocycles. The molecule has 3 rings (SSSR count). The largest absolute Gasteiger partial charge is 0.388 e. The second kappa shape index (κ2) is 8.59. The van der Waals surface area contributed by atoms with Gasteiger partial charge >= 0.3 is 0 Å². The molecule has 1 saturated heterocycles. The van der Waals surface area contributed by atoms with Crippen LogP contribution < -0.4 is 15.1 Å². The molecule has 0 unspecified atom stereocenters. The first kappa shape index (κ1) is 20.1. The van der Waals surface area contributed by atoms with Crippen molar-refractivity contribution in [1.82, 2.24) is 9.97 Å². The Hall–Kier alpha value is -2.63. The molecule has 0 spiro atoms. The number of nitrogens with zero attached hydrogens (tertiary/aromatic N) is 4.